The maximum atomic E-state index is 5.51. The van der Waals surface area contributed by atoms with Gasteiger partial charge in [0.05, 0.1) is 0 Å². The fourth-order valence-corrected chi connectivity index (χ4v) is 3.41. The molecule has 0 saturated carbocycles. The van der Waals surface area contributed by atoms with Gasteiger partial charge in [-0.3, -0.25) is 0 Å². The number of pyridine rings is 1. The van der Waals surface area contributed by atoms with Crippen LogP contribution in [0.15, 0.2) is 18.3 Å². The Bertz CT molecular complexity index is 597. The molecular formula is C15H20N4O. The maximum Gasteiger partial charge on any atom is 0.160 e. The molecule has 20 heavy (non-hydrogen) atoms. The van der Waals surface area contributed by atoms with Crippen molar-refractivity contribution in [3.8, 4) is 0 Å². The Hall–Kier alpha value is -1.46. The first-order valence-corrected chi connectivity index (χ1v) is 7.55. The lowest BCUT2D eigenvalue weighted by molar-refractivity contribution is 0.0695. The van der Waals surface area contributed by atoms with Crippen LogP contribution in [-0.2, 0) is 4.74 Å². The molecule has 2 aromatic heterocycles. The Morgan fingerprint density at radius 2 is 2.15 bits per heavy atom. The van der Waals surface area contributed by atoms with Gasteiger partial charge < -0.3 is 14.6 Å². The van der Waals surface area contributed by atoms with Gasteiger partial charge in [0.25, 0.3) is 0 Å². The highest BCUT2D eigenvalue weighted by molar-refractivity contribution is 5.71. The monoisotopic (exact) mass is 272 g/mol. The van der Waals surface area contributed by atoms with E-state index in [4.69, 9.17) is 9.72 Å². The standard InChI is InChI=1S/C15H20N4O/c1-2-13-15(17-6-1)19(12-4-8-20-9-5-12)14(18-13)11-3-7-16-10-11/h1-2,6,11-12,16H,3-5,7-10H2. The zero-order valence-corrected chi connectivity index (χ0v) is 11.6. The Balaban J connectivity index is 1.83. The van der Waals surface area contributed by atoms with E-state index in [0.717, 1.165) is 50.3 Å². The van der Waals surface area contributed by atoms with Crippen LogP contribution in [0.2, 0.25) is 0 Å². The number of hydrogen-bond acceptors (Lipinski definition) is 4. The van der Waals surface area contributed by atoms with Crippen LogP contribution in [0.5, 0.6) is 0 Å². The summed E-state index contributed by atoms with van der Waals surface area (Å²) < 4.78 is 7.91. The lowest BCUT2D eigenvalue weighted by atomic mass is 10.1. The van der Waals surface area contributed by atoms with Gasteiger partial charge in [0.2, 0.25) is 0 Å². The zero-order valence-electron chi connectivity index (χ0n) is 11.6. The van der Waals surface area contributed by atoms with E-state index in [2.05, 4.69) is 20.9 Å². The fraction of sp³-hybridized carbons (Fsp3) is 0.600. The molecule has 0 amide bonds. The summed E-state index contributed by atoms with van der Waals surface area (Å²) in [6.45, 7) is 3.82. The van der Waals surface area contributed by atoms with Crippen molar-refractivity contribution in [2.75, 3.05) is 26.3 Å². The summed E-state index contributed by atoms with van der Waals surface area (Å²) in [5.74, 6) is 1.74. The fourth-order valence-electron chi connectivity index (χ4n) is 3.41. The number of imidazole rings is 1. The predicted molar refractivity (Wildman–Crippen MR) is 76.8 cm³/mol. The van der Waals surface area contributed by atoms with Crippen molar-refractivity contribution in [1.82, 2.24) is 19.9 Å². The molecule has 4 rings (SSSR count). The van der Waals surface area contributed by atoms with Crippen molar-refractivity contribution < 1.29 is 4.74 Å². The van der Waals surface area contributed by atoms with E-state index in [-0.39, 0.29) is 0 Å². The Morgan fingerprint density at radius 3 is 2.95 bits per heavy atom. The summed E-state index contributed by atoms with van der Waals surface area (Å²) in [5.41, 5.74) is 2.07. The minimum Gasteiger partial charge on any atom is -0.381 e. The van der Waals surface area contributed by atoms with Crippen molar-refractivity contribution in [3.05, 3.63) is 24.2 Å². The van der Waals surface area contributed by atoms with E-state index in [1.165, 1.54) is 12.2 Å². The summed E-state index contributed by atoms with van der Waals surface area (Å²) in [6, 6.07) is 4.53. The topological polar surface area (TPSA) is 52.0 Å². The third kappa shape index (κ3) is 2.01. The molecule has 2 saturated heterocycles. The summed E-state index contributed by atoms with van der Waals surface area (Å²) in [4.78, 5) is 9.48. The minimum absolute atomic E-state index is 0.485. The SMILES string of the molecule is c1cnc2c(c1)nc(C1CCNC1)n2C1CCOCC1. The van der Waals surface area contributed by atoms with Crippen LogP contribution < -0.4 is 5.32 Å². The van der Waals surface area contributed by atoms with Gasteiger partial charge in [0.1, 0.15) is 11.3 Å². The molecule has 1 atom stereocenters. The molecule has 4 heterocycles. The average molecular weight is 272 g/mol. The second-order valence-corrected chi connectivity index (χ2v) is 5.72. The summed E-state index contributed by atoms with van der Waals surface area (Å²) in [5, 5.41) is 3.45. The molecule has 0 aromatic carbocycles. The molecule has 0 bridgehead atoms. The van der Waals surface area contributed by atoms with E-state index >= 15 is 0 Å². The normalized spacial score (nSPS) is 24.5. The highest BCUT2D eigenvalue weighted by atomic mass is 16.5. The van der Waals surface area contributed by atoms with Gasteiger partial charge in [-0.1, -0.05) is 0 Å². The number of nitrogens with one attached hydrogen (secondary N) is 1. The van der Waals surface area contributed by atoms with E-state index in [9.17, 15) is 0 Å². The Kier molecular flexibility index (Phi) is 3.16. The smallest absolute Gasteiger partial charge is 0.160 e. The van der Waals surface area contributed by atoms with Gasteiger partial charge in [-0.2, -0.15) is 0 Å². The van der Waals surface area contributed by atoms with Crippen LogP contribution >= 0.6 is 0 Å². The Morgan fingerprint density at radius 1 is 1.25 bits per heavy atom. The van der Waals surface area contributed by atoms with Crippen LogP contribution in [0.1, 0.15) is 37.0 Å². The third-order valence-electron chi connectivity index (χ3n) is 4.46. The molecule has 2 aliphatic heterocycles. The number of nitrogens with zero attached hydrogens (tertiary/aromatic N) is 3. The van der Waals surface area contributed by atoms with Crippen molar-refractivity contribution in [2.24, 2.45) is 0 Å². The highest BCUT2D eigenvalue weighted by Gasteiger charge is 2.28. The molecule has 5 heteroatoms. The van der Waals surface area contributed by atoms with E-state index in [1.807, 2.05) is 12.3 Å². The van der Waals surface area contributed by atoms with Gasteiger partial charge in [-0.05, 0) is 37.9 Å². The molecule has 0 spiro atoms. The van der Waals surface area contributed by atoms with Gasteiger partial charge in [-0.25, -0.2) is 9.97 Å². The molecular weight excluding hydrogens is 252 g/mol. The van der Waals surface area contributed by atoms with E-state index < -0.39 is 0 Å². The molecule has 2 aliphatic rings. The number of ether oxygens (including phenoxy) is 1. The average Bonchev–Trinajstić information content (AvgIpc) is 3.15. The van der Waals surface area contributed by atoms with Crippen LogP contribution in [-0.4, -0.2) is 40.8 Å². The predicted octanol–water partition coefficient (Wildman–Crippen LogP) is 1.86. The number of fused-ring (bicyclic) bond motifs is 1. The van der Waals surface area contributed by atoms with Crippen LogP contribution in [0.4, 0.5) is 0 Å². The minimum atomic E-state index is 0.485. The van der Waals surface area contributed by atoms with Crippen LogP contribution in [0, 0.1) is 0 Å². The number of aromatic nitrogens is 3. The molecule has 1 unspecified atom stereocenters. The Labute approximate surface area is 118 Å². The van der Waals surface area contributed by atoms with Crippen molar-refractivity contribution in [1.29, 1.82) is 0 Å². The van der Waals surface area contributed by atoms with Gasteiger partial charge in [0, 0.05) is 37.9 Å². The summed E-state index contributed by atoms with van der Waals surface area (Å²) in [6.07, 6.45) is 5.17. The third-order valence-corrected chi connectivity index (χ3v) is 4.46. The second kappa shape index (κ2) is 5.14. The summed E-state index contributed by atoms with van der Waals surface area (Å²) in [7, 11) is 0. The largest absolute Gasteiger partial charge is 0.381 e. The number of rotatable bonds is 2. The van der Waals surface area contributed by atoms with Gasteiger partial charge >= 0.3 is 0 Å². The molecule has 1 N–H and O–H groups in total. The van der Waals surface area contributed by atoms with E-state index in [0.29, 0.717) is 12.0 Å². The molecule has 2 fully saturated rings. The quantitative estimate of drug-likeness (QED) is 0.906. The van der Waals surface area contributed by atoms with Gasteiger partial charge in [0.15, 0.2) is 5.65 Å². The molecule has 2 aromatic rings. The maximum absolute atomic E-state index is 5.51. The lowest BCUT2D eigenvalue weighted by Gasteiger charge is -2.26. The molecule has 5 nitrogen and oxygen atoms in total. The highest BCUT2D eigenvalue weighted by Crippen LogP contribution is 2.32. The van der Waals surface area contributed by atoms with Crippen LogP contribution in [0.25, 0.3) is 11.2 Å². The van der Waals surface area contributed by atoms with Gasteiger partial charge in [-0.15, -0.1) is 0 Å². The van der Waals surface area contributed by atoms with E-state index in [1.54, 1.807) is 0 Å². The first-order valence-electron chi connectivity index (χ1n) is 7.55. The first kappa shape index (κ1) is 12.3. The van der Waals surface area contributed by atoms with Crippen LogP contribution in [0.3, 0.4) is 0 Å². The van der Waals surface area contributed by atoms with Crippen molar-refractivity contribution >= 4 is 11.2 Å². The molecule has 106 valence electrons. The summed E-state index contributed by atoms with van der Waals surface area (Å²) >= 11 is 0. The molecule has 0 radical (unpaired) electrons. The zero-order chi connectivity index (χ0) is 13.4. The number of hydrogen-bond donors (Lipinski definition) is 1. The second-order valence-electron chi connectivity index (χ2n) is 5.72. The van der Waals surface area contributed by atoms with Crippen molar-refractivity contribution in [2.45, 2.75) is 31.2 Å². The first-order chi connectivity index (χ1) is 9.93. The lowest BCUT2D eigenvalue weighted by Crippen LogP contribution is -2.23. The van der Waals surface area contributed by atoms with Crippen molar-refractivity contribution in [3.63, 3.8) is 0 Å². The molecule has 0 aliphatic carbocycles.